The van der Waals surface area contributed by atoms with Crippen LogP contribution in [0.5, 0.6) is 0 Å². The number of aliphatic carboxylic acids is 1. The average Bonchev–Trinajstić information content (AvgIpc) is 2.47. The summed E-state index contributed by atoms with van der Waals surface area (Å²) in [7, 11) is -0.577. The molecule has 0 aliphatic carbocycles. The highest BCUT2D eigenvalue weighted by Crippen LogP contribution is 2.21. The fourth-order valence-corrected chi connectivity index (χ4v) is 3.83. The first kappa shape index (κ1) is 18.3. The molecule has 0 amide bonds. The molecule has 0 aromatic rings. The molecule has 0 radical (unpaired) electrons. The Morgan fingerprint density at radius 2 is 1.67 bits per heavy atom. The molecule has 1 rings (SSSR count). The summed E-state index contributed by atoms with van der Waals surface area (Å²) in [6.07, 6.45) is 0.688. The number of carboxylic acid groups (broad SMARTS) is 1. The number of carbonyl (C=O) groups is 1. The van der Waals surface area contributed by atoms with Crippen LogP contribution in [-0.4, -0.2) is 81.7 Å². The number of hydrogen-bond acceptors (Lipinski definition) is 5. The zero-order chi connectivity index (χ0) is 15.9. The first-order valence-corrected chi connectivity index (χ1v) is 8.29. The molecule has 124 valence electrons. The van der Waals surface area contributed by atoms with Gasteiger partial charge >= 0.3 is 5.97 Å². The van der Waals surface area contributed by atoms with Crippen LogP contribution in [-0.2, 0) is 24.5 Å². The molecule has 21 heavy (non-hydrogen) atoms. The number of nitrogens with zero attached hydrogens (tertiary/aromatic N) is 2. The Morgan fingerprint density at radius 3 is 2.05 bits per heavy atom. The second-order valence-corrected chi connectivity index (χ2v) is 6.83. The van der Waals surface area contributed by atoms with Crippen LogP contribution in [0.2, 0.25) is 0 Å². The van der Waals surface area contributed by atoms with Gasteiger partial charge in [-0.15, -0.1) is 0 Å². The number of carboxylic acids is 1. The van der Waals surface area contributed by atoms with Gasteiger partial charge in [0, 0.05) is 40.4 Å². The van der Waals surface area contributed by atoms with Crippen LogP contribution in [0.3, 0.4) is 0 Å². The van der Waals surface area contributed by atoms with E-state index >= 15 is 0 Å². The molecule has 0 spiro atoms. The van der Waals surface area contributed by atoms with Crippen molar-refractivity contribution in [2.75, 3.05) is 53.6 Å². The van der Waals surface area contributed by atoms with Crippen LogP contribution in [0, 0.1) is 5.92 Å². The minimum absolute atomic E-state index is 0.232. The van der Waals surface area contributed by atoms with Gasteiger partial charge in [-0.25, -0.2) is 0 Å². The Kier molecular flexibility index (Phi) is 7.53. The molecule has 9 heteroatoms. The van der Waals surface area contributed by atoms with Crippen molar-refractivity contribution in [3.05, 3.63) is 0 Å². The Balaban J connectivity index is 2.69. The van der Waals surface area contributed by atoms with E-state index in [0.29, 0.717) is 26.1 Å². The molecule has 1 saturated heterocycles. The first-order chi connectivity index (χ1) is 9.93. The minimum Gasteiger partial charge on any atom is -0.481 e. The summed E-state index contributed by atoms with van der Waals surface area (Å²) < 4.78 is 37.7. The van der Waals surface area contributed by atoms with Crippen LogP contribution in [0.15, 0.2) is 0 Å². The Morgan fingerprint density at radius 1 is 1.19 bits per heavy atom. The van der Waals surface area contributed by atoms with Crippen LogP contribution in [0.4, 0.5) is 0 Å². The number of rotatable bonds is 9. The zero-order valence-corrected chi connectivity index (χ0v) is 13.3. The maximum atomic E-state index is 12.6. The van der Waals surface area contributed by atoms with Crippen molar-refractivity contribution in [2.24, 2.45) is 5.92 Å². The van der Waals surface area contributed by atoms with Gasteiger partial charge in [-0.05, 0) is 12.8 Å². The largest absolute Gasteiger partial charge is 0.481 e. The number of hydrogen-bond donors (Lipinski definition) is 1. The lowest BCUT2D eigenvalue weighted by Crippen LogP contribution is -2.49. The molecule has 0 bridgehead atoms. The van der Waals surface area contributed by atoms with Crippen molar-refractivity contribution in [3.63, 3.8) is 0 Å². The van der Waals surface area contributed by atoms with Gasteiger partial charge in [0.1, 0.15) is 0 Å². The molecular weight excluding hydrogens is 300 g/mol. The topological polar surface area (TPSA) is 96.4 Å². The van der Waals surface area contributed by atoms with E-state index < -0.39 is 22.1 Å². The summed E-state index contributed by atoms with van der Waals surface area (Å²) in [6, 6.07) is 0. The average molecular weight is 324 g/mol. The van der Waals surface area contributed by atoms with Crippen molar-refractivity contribution in [1.29, 1.82) is 0 Å². The quantitative estimate of drug-likeness (QED) is 0.621. The van der Waals surface area contributed by atoms with Gasteiger partial charge < -0.3 is 14.6 Å². The molecule has 0 atom stereocenters. The molecule has 1 N–H and O–H groups in total. The third-order valence-electron chi connectivity index (χ3n) is 3.55. The van der Waals surface area contributed by atoms with Gasteiger partial charge in [0.25, 0.3) is 10.2 Å². The monoisotopic (exact) mass is 324 g/mol. The van der Waals surface area contributed by atoms with E-state index in [1.807, 2.05) is 0 Å². The fourth-order valence-electron chi connectivity index (χ4n) is 2.23. The predicted octanol–water partition coefficient (Wildman–Crippen LogP) is -0.377. The maximum absolute atomic E-state index is 12.6. The predicted molar refractivity (Wildman–Crippen MR) is 76.2 cm³/mol. The van der Waals surface area contributed by atoms with Gasteiger partial charge in [0.05, 0.1) is 19.1 Å². The molecule has 0 unspecified atom stereocenters. The van der Waals surface area contributed by atoms with Crippen LogP contribution < -0.4 is 0 Å². The van der Waals surface area contributed by atoms with Gasteiger partial charge in [-0.2, -0.15) is 17.0 Å². The first-order valence-electron chi connectivity index (χ1n) is 6.89. The lowest BCUT2D eigenvalue weighted by atomic mass is 9.99. The van der Waals surface area contributed by atoms with E-state index in [1.165, 1.54) is 22.8 Å². The highest BCUT2D eigenvalue weighted by atomic mass is 32.2. The molecule has 0 aromatic heterocycles. The second-order valence-electron chi connectivity index (χ2n) is 4.90. The third kappa shape index (κ3) is 5.19. The molecule has 1 aliphatic rings. The summed E-state index contributed by atoms with van der Waals surface area (Å²) in [6.45, 7) is 1.57. The number of piperidine rings is 1. The third-order valence-corrected chi connectivity index (χ3v) is 5.58. The molecular formula is C12H24N2O6S. The van der Waals surface area contributed by atoms with Gasteiger partial charge in [-0.3, -0.25) is 4.79 Å². The van der Waals surface area contributed by atoms with E-state index in [1.54, 1.807) is 0 Å². The van der Waals surface area contributed by atoms with E-state index in [0.717, 1.165) is 0 Å². The van der Waals surface area contributed by atoms with Crippen LogP contribution in [0.1, 0.15) is 12.8 Å². The van der Waals surface area contributed by atoms with Gasteiger partial charge in [-0.1, -0.05) is 0 Å². The summed E-state index contributed by atoms with van der Waals surface area (Å²) in [5.74, 6) is -1.31. The summed E-state index contributed by atoms with van der Waals surface area (Å²) in [4.78, 5) is 10.9. The lowest BCUT2D eigenvalue weighted by molar-refractivity contribution is -0.142. The number of methoxy groups -OCH3 is 2. The van der Waals surface area contributed by atoms with Crippen molar-refractivity contribution in [2.45, 2.75) is 12.8 Å². The SMILES string of the molecule is COCCN(CCOC)S(=O)(=O)N1CCC(C(=O)O)CC1. The van der Waals surface area contributed by atoms with Crippen molar-refractivity contribution in [1.82, 2.24) is 8.61 Å². The summed E-state index contributed by atoms with van der Waals surface area (Å²) in [5.41, 5.74) is 0. The summed E-state index contributed by atoms with van der Waals surface area (Å²) in [5, 5.41) is 8.96. The van der Waals surface area contributed by atoms with Gasteiger partial charge in [0.15, 0.2) is 0 Å². The van der Waals surface area contributed by atoms with E-state index in [4.69, 9.17) is 14.6 Å². The Bertz CT molecular complexity index is 411. The summed E-state index contributed by atoms with van der Waals surface area (Å²) >= 11 is 0. The van der Waals surface area contributed by atoms with E-state index in [-0.39, 0.29) is 26.2 Å². The van der Waals surface area contributed by atoms with Crippen molar-refractivity contribution >= 4 is 16.2 Å². The molecule has 1 heterocycles. The molecule has 8 nitrogen and oxygen atoms in total. The zero-order valence-electron chi connectivity index (χ0n) is 12.5. The Hall–Kier alpha value is -0.740. The second kappa shape index (κ2) is 8.64. The highest BCUT2D eigenvalue weighted by molar-refractivity contribution is 7.86. The van der Waals surface area contributed by atoms with E-state index in [9.17, 15) is 13.2 Å². The molecule has 1 fully saturated rings. The smallest absolute Gasteiger partial charge is 0.306 e. The van der Waals surface area contributed by atoms with Crippen LogP contribution >= 0.6 is 0 Å². The van der Waals surface area contributed by atoms with Crippen LogP contribution in [0.25, 0.3) is 0 Å². The van der Waals surface area contributed by atoms with Gasteiger partial charge in [0.2, 0.25) is 0 Å². The normalized spacial score (nSPS) is 18.2. The van der Waals surface area contributed by atoms with E-state index in [2.05, 4.69) is 0 Å². The minimum atomic E-state index is -3.60. The molecule has 1 aliphatic heterocycles. The number of ether oxygens (including phenoxy) is 2. The van der Waals surface area contributed by atoms with Crippen molar-refractivity contribution in [3.8, 4) is 0 Å². The standard InChI is InChI=1S/C12H24N2O6S/c1-19-9-7-14(8-10-20-2)21(17,18)13-5-3-11(4-6-13)12(15)16/h11H,3-10H2,1-2H3,(H,15,16). The molecule has 0 saturated carbocycles. The van der Waals surface area contributed by atoms with Crippen molar-refractivity contribution < 1.29 is 27.8 Å². The Labute approximate surface area is 125 Å². The highest BCUT2D eigenvalue weighted by Gasteiger charge is 2.34. The fraction of sp³-hybridized carbons (Fsp3) is 0.917. The maximum Gasteiger partial charge on any atom is 0.306 e. The molecule has 0 aromatic carbocycles. The lowest BCUT2D eigenvalue weighted by Gasteiger charge is -2.33.